The van der Waals surface area contributed by atoms with Crippen LogP contribution in [-0.2, 0) is 4.79 Å². The van der Waals surface area contributed by atoms with Gasteiger partial charge < -0.3 is 14.9 Å². The summed E-state index contributed by atoms with van der Waals surface area (Å²) >= 11 is 0. The molecule has 1 unspecified atom stereocenters. The number of carbonyl (C=O) groups excluding carboxylic acids is 2. The van der Waals surface area contributed by atoms with Crippen LogP contribution in [0.1, 0.15) is 23.7 Å². The minimum Gasteiger partial charge on any atom is -0.549 e. The van der Waals surface area contributed by atoms with Crippen molar-refractivity contribution in [2.24, 2.45) is 5.92 Å². The summed E-state index contributed by atoms with van der Waals surface area (Å²) in [5, 5.41) is 10.5. The SMILES string of the molecule is CCC(C(=O)[O-])C(=O)c1cc[nH]c1. The smallest absolute Gasteiger partial charge is 0.173 e. The Hall–Kier alpha value is -1.58. The topological polar surface area (TPSA) is 73.0 Å². The quantitative estimate of drug-likeness (QED) is 0.522. The molecule has 1 N–H and O–H groups in total. The van der Waals surface area contributed by atoms with Gasteiger partial charge in [0.2, 0.25) is 0 Å². The monoisotopic (exact) mass is 180 g/mol. The summed E-state index contributed by atoms with van der Waals surface area (Å²) in [6.45, 7) is 1.64. The number of rotatable bonds is 4. The zero-order chi connectivity index (χ0) is 9.84. The Morgan fingerprint density at radius 1 is 1.62 bits per heavy atom. The zero-order valence-electron chi connectivity index (χ0n) is 7.24. The molecule has 70 valence electrons. The number of ketones is 1. The van der Waals surface area contributed by atoms with Crippen LogP contribution >= 0.6 is 0 Å². The lowest BCUT2D eigenvalue weighted by atomic mass is 9.97. The fourth-order valence-corrected chi connectivity index (χ4v) is 1.14. The van der Waals surface area contributed by atoms with Crippen LogP contribution in [0.3, 0.4) is 0 Å². The predicted octanol–water partition coefficient (Wildman–Crippen LogP) is -0.0265. The van der Waals surface area contributed by atoms with E-state index in [0.29, 0.717) is 5.56 Å². The van der Waals surface area contributed by atoms with E-state index in [0.717, 1.165) is 0 Å². The minimum absolute atomic E-state index is 0.256. The van der Waals surface area contributed by atoms with Gasteiger partial charge in [0.25, 0.3) is 0 Å². The molecule has 0 aliphatic rings. The molecule has 0 saturated carbocycles. The van der Waals surface area contributed by atoms with Crippen molar-refractivity contribution >= 4 is 11.8 Å². The lowest BCUT2D eigenvalue weighted by Gasteiger charge is -2.13. The van der Waals surface area contributed by atoms with Crippen molar-refractivity contribution in [3.8, 4) is 0 Å². The largest absolute Gasteiger partial charge is 0.549 e. The standard InChI is InChI=1S/C9H11NO3/c1-2-7(9(12)13)8(11)6-3-4-10-5-6/h3-5,7,10H,2H2,1H3,(H,12,13)/p-1. The molecule has 13 heavy (non-hydrogen) atoms. The number of nitrogens with one attached hydrogen (secondary N) is 1. The second-order valence-corrected chi connectivity index (χ2v) is 2.74. The Bertz CT molecular complexity index is 303. The van der Waals surface area contributed by atoms with E-state index in [1.165, 1.54) is 6.20 Å². The molecule has 0 aliphatic heterocycles. The molecule has 4 nitrogen and oxygen atoms in total. The summed E-state index contributed by atoms with van der Waals surface area (Å²) in [5.74, 6) is -2.74. The van der Waals surface area contributed by atoms with E-state index in [1.54, 1.807) is 19.2 Å². The van der Waals surface area contributed by atoms with Crippen LogP contribution in [0.5, 0.6) is 0 Å². The number of carbonyl (C=O) groups is 2. The Balaban J connectivity index is 2.83. The third kappa shape index (κ3) is 1.96. The van der Waals surface area contributed by atoms with Gasteiger partial charge in [0.15, 0.2) is 5.78 Å². The number of aromatic nitrogens is 1. The van der Waals surface area contributed by atoms with Crippen LogP contribution in [0.2, 0.25) is 0 Å². The molecule has 0 fully saturated rings. The first kappa shape index (κ1) is 9.51. The van der Waals surface area contributed by atoms with Gasteiger partial charge in [-0.15, -0.1) is 0 Å². The number of carboxylic acid groups (broad SMARTS) is 1. The predicted molar refractivity (Wildman–Crippen MR) is 43.9 cm³/mol. The van der Waals surface area contributed by atoms with Gasteiger partial charge >= 0.3 is 0 Å². The first-order valence-electron chi connectivity index (χ1n) is 4.04. The zero-order valence-corrected chi connectivity index (χ0v) is 7.24. The normalized spacial score (nSPS) is 12.4. The van der Waals surface area contributed by atoms with E-state index in [2.05, 4.69) is 4.98 Å². The Kier molecular flexibility index (Phi) is 2.84. The Morgan fingerprint density at radius 2 is 2.31 bits per heavy atom. The second kappa shape index (κ2) is 3.89. The van der Waals surface area contributed by atoms with E-state index >= 15 is 0 Å². The minimum atomic E-state index is -1.31. The number of H-pyrrole nitrogens is 1. The van der Waals surface area contributed by atoms with Crippen molar-refractivity contribution in [1.29, 1.82) is 0 Å². The van der Waals surface area contributed by atoms with Crippen molar-refractivity contribution in [3.05, 3.63) is 24.0 Å². The van der Waals surface area contributed by atoms with Crippen molar-refractivity contribution in [1.82, 2.24) is 4.98 Å². The van der Waals surface area contributed by atoms with E-state index < -0.39 is 17.7 Å². The van der Waals surface area contributed by atoms with Crippen LogP contribution in [0.4, 0.5) is 0 Å². The first-order valence-corrected chi connectivity index (χ1v) is 4.04. The number of aromatic amines is 1. The number of Topliss-reactive ketones (excluding diaryl/α,β-unsaturated/α-hetero) is 1. The summed E-state index contributed by atoms with van der Waals surface area (Å²) < 4.78 is 0. The Morgan fingerprint density at radius 3 is 2.69 bits per heavy atom. The fraction of sp³-hybridized carbons (Fsp3) is 0.333. The first-order chi connectivity index (χ1) is 6.16. The highest BCUT2D eigenvalue weighted by molar-refractivity contribution is 6.07. The molecule has 0 radical (unpaired) electrons. The number of hydrogen-bond acceptors (Lipinski definition) is 3. The molecule has 1 atom stereocenters. The van der Waals surface area contributed by atoms with Crippen molar-refractivity contribution in [2.75, 3.05) is 0 Å². The molecule has 0 aliphatic carbocycles. The van der Waals surface area contributed by atoms with Crippen molar-refractivity contribution in [2.45, 2.75) is 13.3 Å². The average molecular weight is 180 g/mol. The maximum Gasteiger partial charge on any atom is 0.173 e. The maximum atomic E-state index is 11.4. The summed E-state index contributed by atoms with van der Waals surface area (Å²) in [5.41, 5.74) is 0.385. The lowest BCUT2D eigenvalue weighted by Crippen LogP contribution is -2.35. The molecule has 1 aromatic rings. The summed E-state index contributed by atoms with van der Waals surface area (Å²) in [4.78, 5) is 24.7. The molecular weight excluding hydrogens is 170 g/mol. The van der Waals surface area contributed by atoms with Gasteiger partial charge in [-0.3, -0.25) is 4.79 Å². The summed E-state index contributed by atoms with van der Waals surface area (Å²) in [7, 11) is 0. The van der Waals surface area contributed by atoms with Crippen LogP contribution < -0.4 is 5.11 Å². The second-order valence-electron chi connectivity index (χ2n) is 2.74. The highest BCUT2D eigenvalue weighted by Gasteiger charge is 2.19. The van der Waals surface area contributed by atoms with E-state index in [1.807, 2.05) is 0 Å². The van der Waals surface area contributed by atoms with Crippen molar-refractivity contribution in [3.63, 3.8) is 0 Å². The molecular formula is C9H10NO3-. The van der Waals surface area contributed by atoms with E-state index in [4.69, 9.17) is 0 Å². The van der Waals surface area contributed by atoms with Gasteiger partial charge in [0.05, 0.1) is 11.9 Å². The van der Waals surface area contributed by atoms with Gasteiger partial charge in [-0.1, -0.05) is 6.92 Å². The number of aliphatic carboxylic acids is 1. The van der Waals surface area contributed by atoms with Gasteiger partial charge in [0.1, 0.15) is 0 Å². The fourth-order valence-electron chi connectivity index (χ4n) is 1.14. The molecule has 1 rings (SSSR count). The highest BCUT2D eigenvalue weighted by Crippen LogP contribution is 2.10. The van der Waals surface area contributed by atoms with E-state index in [-0.39, 0.29) is 6.42 Å². The highest BCUT2D eigenvalue weighted by atomic mass is 16.4. The third-order valence-corrected chi connectivity index (χ3v) is 1.89. The molecule has 0 saturated heterocycles. The molecule has 4 heteroatoms. The lowest BCUT2D eigenvalue weighted by molar-refractivity contribution is -0.309. The van der Waals surface area contributed by atoms with Gasteiger partial charge in [-0.05, 0) is 12.5 Å². The molecule has 1 aromatic heterocycles. The third-order valence-electron chi connectivity index (χ3n) is 1.89. The van der Waals surface area contributed by atoms with Gasteiger partial charge in [-0.25, -0.2) is 0 Å². The van der Waals surface area contributed by atoms with Crippen LogP contribution in [0.25, 0.3) is 0 Å². The molecule has 1 heterocycles. The maximum absolute atomic E-state index is 11.4. The number of carboxylic acids is 1. The Labute approximate surface area is 75.6 Å². The molecule has 0 aromatic carbocycles. The summed E-state index contributed by atoms with van der Waals surface area (Å²) in [6, 6.07) is 1.55. The number of hydrogen-bond donors (Lipinski definition) is 1. The van der Waals surface area contributed by atoms with Crippen molar-refractivity contribution < 1.29 is 14.7 Å². The van der Waals surface area contributed by atoms with Crippen LogP contribution in [0.15, 0.2) is 18.5 Å². The molecule has 0 amide bonds. The van der Waals surface area contributed by atoms with Gasteiger partial charge in [0, 0.05) is 18.0 Å². The van der Waals surface area contributed by atoms with Gasteiger partial charge in [-0.2, -0.15) is 0 Å². The van der Waals surface area contributed by atoms with Crippen LogP contribution in [0, 0.1) is 5.92 Å². The molecule has 0 bridgehead atoms. The summed E-state index contributed by atoms with van der Waals surface area (Å²) in [6.07, 6.45) is 3.31. The van der Waals surface area contributed by atoms with E-state index in [9.17, 15) is 14.7 Å². The van der Waals surface area contributed by atoms with Crippen LogP contribution in [-0.4, -0.2) is 16.7 Å². The average Bonchev–Trinajstić information content (AvgIpc) is 2.56. The molecule has 0 spiro atoms.